The van der Waals surface area contributed by atoms with Gasteiger partial charge in [0, 0.05) is 23.3 Å². The largest absolute Gasteiger partial charge is 0.504 e. The first kappa shape index (κ1) is 21.9. The first-order valence-electron chi connectivity index (χ1n) is 8.03. The number of amides is 2. The number of imide groups is 1. The summed E-state index contributed by atoms with van der Waals surface area (Å²) in [5, 5.41) is 9.64. The number of rotatable bonds is 4. The number of phenolic OH excluding ortho intramolecular Hbond substituents is 1. The van der Waals surface area contributed by atoms with Gasteiger partial charge in [0.1, 0.15) is 6.61 Å². The fourth-order valence-electron chi connectivity index (χ4n) is 2.40. The number of alkyl halides is 3. The molecular formula is C17H12BrF3N4O4S. The van der Waals surface area contributed by atoms with Gasteiger partial charge in [0.15, 0.2) is 17.2 Å². The average Bonchev–Trinajstić information content (AvgIpc) is 2.89. The maximum atomic E-state index is 13.1. The van der Waals surface area contributed by atoms with E-state index in [-0.39, 0.29) is 22.0 Å². The molecule has 1 aliphatic heterocycles. The molecule has 2 heterocycles. The third-order valence-electron chi connectivity index (χ3n) is 3.89. The fourth-order valence-corrected chi connectivity index (χ4v) is 3.66. The summed E-state index contributed by atoms with van der Waals surface area (Å²) in [7, 11) is 1.34. The van der Waals surface area contributed by atoms with Crippen LogP contribution in [0.15, 0.2) is 27.7 Å². The Morgan fingerprint density at radius 3 is 2.67 bits per heavy atom. The third kappa shape index (κ3) is 4.51. The lowest BCUT2D eigenvalue weighted by Gasteiger charge is -2.14. The molecule has 0 spiro atoms. The minimum absolute atomic E-state index is 0.145. The van der Waals surface area contributed by atoms with Crippen molar-refractivity contribution >= 4 is 50.9 Å². The third-order valence-corrected chi connectivity index (χ3v) is 5.53. The lowest BCUT2D eigenvalue weighted by molar-refractivity contribution is -0.142. The Labute approximate surface area is 180 Å². The minimum Gasteiger partial charge on any atom is -0.504 e. The highest BCUT2D eigenvalue weighted by Crippen LogP contribution is 2.38. The van der Waals surface area contributed by atoms with Gasteiger partial charge in [-0.3, -0.25) is 14.5 Å². The van der Waals surface area contributed by atoms with Gasteiger partial charge in [0.25, 0.3) is 11.1 Å². The zero-order valence-electron chi connectivity index (χ0n) is 15.0. The molecule has 0 saturated carbocycles. The van der Waals surface area contributed by atoms with Crippen LogP contribution in [-0.4, -0.2) is 38.2 Å². The normalized spacial score (nSPS) is 15.9. The zero-order chi connectivity index (χ0) is 22.2. The van der Waals surface area contributed by atoms with Crippen LogP contribution in [0.4, 0.5) is 23.9 Å². The number of aromatic hydroxyl groups is 1. The van der Waals surface area contributed by atoms with Gasteiger partial charge in [0.2, 0.25) is 5.95 Å². The quantitative estimate of drug-likeness (QED) is 0.603. The van der Waals surface area contributed by atoms with E-state index in [2.05, 4.69) is 25.9 Å². The number of hydrogen-bond acceptors (Lipinski definition) is 8. The van der Waals surface area contributed by atoms with Gasteiger partial charge < -0.3 is 15.6 Å². The number of carbonyl (C=O) groups excluding carboxylic acids is 2. The first-order valence-corrected chi connectivity index (χ1v) is 9.63. The Hall–Kier alpha value is -2.80. The number of nitrogens with two attached hydrogens (primary N) is 1. The van der Waals surface area contributed by atoms with Gasteiger partial charge in [-0.05, 0) is 35.5 Å². The topological polar surface area (TPSA) is 119 Å². The number of nitrogens with zero attached hydrogens (tertiary/aromatic N) is 3. The molecular weight excluding hydrogens is 493 g/mol. The van der Waals surface area contributed by atoms with E-state index in [0.29, 0.717) is 10.0 Å². The molecule has 1 aromatic heterocycles. The summed E-state index contributed by atoms with van der Waals surface area (Å²) in [6.45, 7) is -0.602. The lowest BCUT2D eigenvalue weighted by Crippen LogP contribution is -2.22. The van der Waals surface area contributed by atoms with Gasteiger partial charge in [-0.1, -0.05) is 15.9 Å². The number of halogens is 4. The first-order chi connectivity index (χ1) is 14.0. The average molecular weight is 505 g/mol. The van der Waals surface area contributed by atoms with Crippen LogP contribution >= 0.6 is 27.7 Å². The molecule has 30 heavy (non-hydrogen) atoms. The Balaban J connectivity index is 1.90. The summed E-state index contributed by atoms with van der Waals surface area (Å²) in [6, 6.07) is 2.57. The standard InChI is InChI=1S/C17H12BrF3N4O4S/c1-25-14(27)12(30-16(25)28)3-7-2-11(10(26)4-9(7)18)29-6-8-5-23-15(22)24-13(8)17(19,20)21/h2-5,26H,6H2,1H3,(H2,22,23,24)/b12-3-. The smallest absolute Gasteiger partial charge is 0.433 e. The van der Waals surface area contributed by atoms with Gasteiger partial charge >= 0.3 is 6.18 Å². The molecule has 1 aromatic carbocycles. The number of likely N-dealkylation sites (N-methyl/N-ethyl adjacent to an activating group) is 1. The molecule has 1 aliphatic rings. The number of hydrogen-bond donors (Lipinski definition) is 2. The maximum Gasteiger partial charge on any atom is 0.433 e. The van der Waals surface area contributed by atoms with Crippen LogP contribution in [0.25, 0.3) is 6.08 Å². The monoisotopic (exact) mass is 504 g/mol. The Kier molecular flexibility index (Phi) is 5.94. The molecule has 0 bridgehead atoms. The number of aromatic nitrogens is 2. The fraction of sp³-hybridized carbons (Fsp3) is 0.176. The molecule has 8 nitrogen and oxygen atoms in total. The van der Waals surface area contributed by atoms with E-state index in [9.17, 15) is 27.9 Å². The second kappa shape index (κ2) is 8.14. The molecule has 2 amide bonds. The Bertz CT molecular complexity index is 1080. The molecule has 1 fully saturated rings. The Morgan fingerprint density at radius 2 is 2.07 bits per heavy atom. The van der Waals surface area contributed by atoms with Crippen LogP contribution in [0.5, 0.6) is 11.5 Å². The van der Waals surface area contributed by atoms with Crippen LogP contribution in [0.3, 0.4) is 0 Å². The van der Waals surface area contributed by atoms with E-state index in [1.807, 2.05) is 0 Å². The van der Waals surface area contributed by atoms with Crippen LogP contribution < -0.4 is 10.5 Å². The number of thioether (sulfide) groups is 1. The van der Waals surface area contributed by atoms with Crippen molar-refractivity contribution in [1.82, 2.24) is 14.9 Å². The number of ether oxygens (including phenoxy) is 1. The number of benzene rings is 1. The van der Waals surface area contributed by atoms with Crippen molar-refractivity contribution in [3.63, 3.8) is 0 Å². The molecule has 0 atom stereocenters. The van der Waals surface area contributed by atoms with Crippen molar-refractivity contribution in [2.45, 2.75) is 12.8 Å². The number of anilines is 1. The van der Waals surface area contributed by atoms with Crippen LogP contribution in [0.1, 0.15) is 16.8 Å². The molecule has 158 valence electrons. The number of carbonyl (C=O) groups is 2. The molecule has 0 aliphatic carbocycles. The molecule has 2 aromatic rings. The van der Waals surface area contributed by atoms with Crippen molar-refractivity contribution in [3.05, 3.63) is 44.5 Å². The second-order valence-corrected chi connectivity index (χ2v) is 7.82. The van der Waals surface area contributed by atoms with Crippen LogP contribution in [0, 0.1) is 0 Å². The molecule has 3 rings (SSSR count). The molecule has 1 saturated heterocycles. The van der Waals surface area contributed by atoms with E-state index in [0.717, 1.165) is 22.9 Å². The highest BCUT2D eigenvalue weighted by atomic mass is 79.9. The maximum absolute atomic E-state index is 13.1. The predicted octanol–water partition coefficient (Wildman–Crippen LogP) is 3.79. The summed E-state index contributed by atoms with van der Waals surface area (Å²) in [5.74, 6) is -1.54. The van der Waals surface area contributed by atoms with E-state index in [1.54, 1.807) is 0 Å². The predicted molar refractivity (Wildman–Crippen MR) is 105 cm³/mol. The van der Waals surface area contributed by atoms with Crippen molar-refractivity contribution < 1.29 is 32.6 Å². The molecule has 0 unspecified atom stereocenters. The van der Waals surface area contributed by atoms with E-state index >= 15 is 0 Å². The van der Waals surface area contributed by atoms with E-state index in [1.165, 1.54) is 25.3 Å². The second-order valence-electron chi connectivity index (χ2n) is 5.97. The highest BCUT2D eigenvalue weighted by molar-refractivity contribution is 9.10. The van der Waals surface area contributed by atoms with Crippen molar-refractivity contribution in [3.8, 4) is 11.5 Å². The van der Waals surface area contributed by atoms with Gasteiger partial charge in [0.05, 0.1) is 4.91 Å². The van der Waals surface area contributed by atoms with E-state index in [4.69, 9.17) is 10.5 Å². The van der Waals surface area contributed by atoms with E-state index < -0.39 is 35.6 Å². The SMILES string of the molecule is CN1C(=O)S/C(=C\c2cc(OCc3cnc(N)nc3C(F)(F)F)c(O)cc2Br)C1=O. The highest BCUT2D eigenvalue weighted by Gasteiger charge is 2.36. The van der Waals surface area contributed by atoms with Crippen molar-refractivity contribution in [2.75, 3.05) is 12.8 Å². The molecule has 0 radical (unpaired) electrons. The Morgan fingerprint density at radius 1 is 1.37 bits per heavy atom. The van der Waals surface area contributed by atoms with Crippen molar-refractivity contribution in [1.29, 1.82) is 0 Å². The molecule has 3 N–H and O–H groups in total. The van der Waals surface area contributed by atoms with Crippen molar-refractivity contribution in [2.24, 2.45) is 0 Å². The van der Waals surface area contributed by atoms with Gasteiger partial charge in [-0.2, -0.15) is 13.2 Å². The minimum atomic E-state index is -4.77. The molecule has 13 heteroatoms. The zero-order valence-corrected chi connectivity index (χ0v) is 17.4. The summed E-state index contributed by atoms with van der Waals surface area (Å²) in [6.07, 6.45) is -2.48. The van der Waals surface area contributed by atoms with Crippen LogP contribution in [0.2, 0.25) is 0 Å². The van der Waals surface area contributed by atoms with Gasteiger partial charge in [-0.25, -0.2) is 9.97 Å². The summed E-state index contributed by atoms with van der Waals surface area (Å²) in [4.78, 5) is 31.5. The number of phenols is 1. The summed E-state index contributed by atoms with van der Waals surface area (Å²) < 4.78 is 45.2. The summed E-state index contributed by atoms with van der Waals surface area (Å²) in [5.41, 5.74) is 3.97. The lowest BCUT2D eigenvalue weighted by atomic mass is 10.1. The summed E-state index contributed by atoms with van der Waals surface area (Å²) >= 11 is 3.95. The van der Waals surface area contributed by atoms with Crippen LogP contribution in [-0.2, 0) is 17.6 Å². The van der Waals surface area contributed by atoms with Gasteiger partial charge in [-0.15, -0.1) is 0 Å². The number of nitrogen functional groups attached to an aromatic ring is 1.